The average Bonchev–Trinajstić information content (AvgIpc) is 2.38. The van der Waals surface area contributed by atoms with Crippen molar-refractivity contribution in [2.45, 2.75) is 39.3 Å². The van der Waals surface area contributed by atoms with Crippen molar-refractivity contribution in [3.63, 3.8) is 0 Å². The van der Waals surface area contributed by atoms with Gasteiger partial charge in [0.25, 0.3) is 0 Å². The number of aromatic nitrogens is 1. The van der Waals surface area contributed by atoms with E-state index in [0.29, 0.717) is 5.92 Å². The highest BCUT2D eigenvalue weighted by atomic mass is 16.5. The van der Waals surface area contributed by atoms with Crippen molar-refractivity contribution in [1.29, 1.82) is 0 Å². The molecule has 0 radical (unpaired) electrons. The molecule has 1 N–H and O–H groups in total. The molecule has 19 heavy (non-hydrogen) atoms. The van der Waals surface area contributed by atoms with Crippen LogP contribution >= 0.6 is 0 Å². The largest absolute Gasteiger partial charge is 0.497 e. The van der Waals surface area contributed by atoms with Crippen LogP contribution in [0.5, 0.6) is 5.75 Å². The van der Waals surface area contributed by atoms with Gasteiger partial charge in [-0.2, -0.15) is 0 Å². The van der Waals surface area contributed by atoms with Crippen molar-refractivity contribution in [1.82, 2.24) is 9.88 Å². The lowest BCUT2D eigenvalue weighted by atomic mass is 9.92. The van der Waals surface area contributed by atoms with E-state index in [-0.39, 0.29) is 6.10 Å². The number of rotatable bonds is 4. The molecule has 1 unspecified atom stereocenters. The zero-order valence-corrected chi connectivity index (χ0v) is 12.1. The van der Waals surface area contributed by atoms with Gasteiger partial charge in [0.1, 0.15) is 5.75 Å². The van der Waals surface area contributed by atoms with Gasteiger partial charge in [0.05, 0.1) is 18.9 Å². The molecule has 106 valence electrons. The van der Waals surface area contributed by atoms with E-state index in [0.717, 1.165) is 49.6 Å². The molecule has 4 heteroatoms. The number of aliphatic hydroxyl groups excluding tert-OH is 1. The Balaban J connectivity index is 1.93. The van der Waals surface area contributed by atoms with E-state index >= 15 is 0 Å². The summed E-state index contributed by atoms with van der Waals surface area (Å²) in [7, 11) is 1.69. The molecule has 1 aromatic rings. The number of aryl methyl sites for hydroxylation is 1. The number of pyridine rings is 1. The zero-order valence-electron chi connectivity index (χ0n) is 12.1. The van der Waals surface area contributed by atoms with Crippen LogP contribution in [0.4, 0.5) is 0 Å². The first-order chi connectivity index (χ1) is 9.08. The molecule has 0 amide bonds. The summed E-state index contributed by atoms with van der Waals surface area (Å²) in [6.45, 7) is 6.82. The van der Waals surface area contributed by atoms with Crippen LogP contribution in [-0.4, -0.2) is 41.3 Å². The van der Waals surface area contributed by atoms with Crippen LogP contribution in [0.25, 0.3) is 0 Å². The standard InChI is InChI=1S/C15H24N2O2/c1-11-8-15(19-3)9-14(16-11)10-17-6-4-13(5-7-17)12(2)18/h8-9,12-13,18H,4-7,10H2,1-3H3. The minimum Gasteiger partial charge on any atom is -0.497 e. The van der Waals surface area contributed by atoms with Crippen LogP contribution < -0.4 is 4.74 Å². The van der Waals surface area contributed by atoms with E-state index in [1.807, 2.05) is 26.0 Å². The minimum atomic E-state index is -0.181. The number of hydrogen-bond acceptors (Lipinski definition) is 4. The minimum absolute atomic E-state index is 0.181. The third-order valence-electron chi connectivity index (χ3n) is 3.92. The Labute approximate surface area is 115 Å². The van der Waals surface area contributed by atoms with Crippen molar-refractivity contribution in [3.8, 4) is 5.75 Å². The summed E-state index contributed by atoms with van der Waals surface area (Å²) < 4.78 is 5.28. The number of nitrogens with zero attached hydrogens (tertiary/aromatic N) is 2. The molecule has 2 heterocycles. The van der Waals surface area contributed by atoms with Crippen molar-refractivity contribution in [2.24, 2.45) is 5.92 Å². The van der Waals surface area contributed by atoms with Crippen LogP contribution in [-0.2, 0) is 6.54 Å². The summed E-state index contributed by atoms with van der Waals surface area (Å²) in [6, 6.07) is 3.96. The van der Waals surface area contributed by atoms with Gasteiger partial charge < -0.3 is 9.84 Å². The summed E-state index contributed by atoms with van der Waals surface area (Å²) in [4.78, 5) is 6.96. The number of methoxy groups -OCH3 is 1. The Morgan fingerprint density at radius 3 is 2.68 bits per heavy atom. The lowest BCUT2D eigenvalue weighted by molar-refractivity contribution is 0.0691. The van der Waals surface area contributed by atoms with Gasteiger partial charge in [0.2, 0.25) is 0 Å². The maximum Gasteiger partial charge on any atom is 0.122 e. The first-order valence-corrected chi connectivity index (χ1v) is 7.00. The van der Waals surface area contributed by atoms with Gasteiger partial charge in [-0.1, -0.05) is 0 Å². The van der Waals surface area contributed by atoms with Crippen LogP contribution in [0, 0.1) is 12.8 Å². The second-order valence-electron chi connectivity index (χ2n) is 5.49. The van der Waals surface area contributed by atoms with Crippen molar-refractivity contribution in [2.75, 3.05) is 20.2 Å². The van der Waals surface area contributed by atoms with E-state index < -0.39 is 0 Å². The molecule has 0 spiro atoms. The van der Waals surface area contributed by atoms with E-state index in [4.69, 9.17) is 4.74 Å². The molecule has 1 fully saturated rings. The number of piperidine rings is 1. The Hall–Kier alpha value is -1.13. The normalized spacial score (nSPS) is 19.4. The molecule has 1 aliphatic heterocycles. The molecule has 1 aliphatic rings. The highest BCUT2D eigenvalue weighted by Gasteiger charge is 2.22. The van der Waals surface area contributed by atoms with Crippen LogP contribution in [0.15, 0.2) is 12.1 Å². The number of ether oxygens (including phenoxy) is 1. The van der Waals surface area contributed by atoms with E-state index in [9.17, 15) is 5.11 Å². The Morgan fingerprint density at radius 1 is 1.42 bits per heavy atom. The van der Waals surface area contributed by atoms with Gasteiger partial charge in [-0.25, -0.2) is 0 Å². The lowest BCUT2D eigenvalue weighted by Gasteiger charge is -2.33. The summed E-state index contributed by atoms with van der Waals surface area (Å²) in [5.41, 5.74) is 2.06. The van der Waals surface area contributed by atoms with Gasteiger partial charge in [-0.05, 0) is 45.7 Å². The van der Waals surface area contributed by atoms with Crippen LogP contribution in [0.2, 0.25) is 0 Å². The second-order valence-corrected chi connectivity index (χ2v) is 5.49. The van der Waals surface area contributed by atoms with Crippen molar-refractivity contribution in [3.05, 3.63) is 23.5 Å². The monoisotopic (exact) mass is 264 g/mol. The first-order valence-electron chi connectivity index (χ1n) is 7.00. The third kappa shape index (κ3) is 3.91. The SMILES string of the molecule is COc1cc(C)nc(CN2CCC(C(C)O)CC2)c1. The molecule has 1 atom stereocenters. The van der Waals surface area contributed by atoms with Gasteiger partial charge in [-0.3, -0.25) is 9.88 Å². The van der Waals surface area contributed by atoms with E-state index in [1.54, 1.807) is 7.11 Å². The number of aliphatic hydroxyl groups is 1. The van der Waals surface area contributed by atoms with E-state index in [2.05, 4.69) is 9.88 Å². The smallest absolute Gasteiger partial charge is 0.122 e. The first kappa shape index (κ1) is 14.3. The summed E-state index contributed by atoms with van der Waals surface area (Å²) >= 11 is 0. The fourth-order valence-corrected chi connectivity index (χ4v) is 2.72. The van der Waals surface area contributed by atoms with Gasteiger partial charge in [0.15, 0.2) is 0 Å². The highest BCUT2D eigenvalue weighted by molar-refractivity contribution is 5.26. The molecule has 1 aromatic heterocycles. The van der Waals surface area contributed by atoms with Gasteiger partial charge in [-0.15, -0.1) is 0 Å². The fourth-order valence-electron chi connectivity index (χ4n) is 2.72. The molecule has 0 aromatic carbocycles. The molecule has 0 bridgehead atoms. The topological polar surface area (TPSA) is 45.6 Å². The molecule has 0 aliphatic carbocycles. The highest BCUT2D eigenvalue weighted by Crippen LogP contribution is 2.22. The molecular weight excluding hydrogens is 240 g/mol. The Bertz CT molecular complexity index is 413. The predicted molar refractivity (Wildman–Crippen MR) is 75.2 cm³/mol. The quantitative estimate of drug-likeness (QED) is 0.903. The second kappa shape index (κ2) is 6.35. The average molecular weight is 264 g/mol. The Morgan fingerprint density at radius 2 is 2.11 bits per heavy atom. The predicted octanol–water partition coefficient (Wildman–Crippen LogP) is 1.99. The maximum absolute atomic E-state index is 9.61. The maximum atomic E-state index is 9.61. The van der Waals surface area contributed by atoms with Crippen LogP contribution in [0.1, 0.15) is 31.2 Å². The third-order valence-corrected chi connectivity index (χ3v) is 3.92. The number of hydrogen-bond donors (Lipinski definition) is 1. The van der Waals surface area contributed by atoms with Gasteiger partial charge in [0, 0.05) is 24.4 Å². The number of likely N-dealkylation sites (tertiary alicyclic amines) is 1. The summed E-state index contributed by atoms with van der Waals surface area (Å²) in [6.07, 6.45) is 1.96. The van der Waals surface area contributed by atoms with E-state index in [1.165, 1.54) is 0 Å². The molecule has 1 saturated heterocycles. The molecule has 2 rings (SSSR count). The lowest BCUT2D eigenvalue weighted by Crippen LogP contribution is -2.36. The Kier molecular flexibility index (Phi) is 4.77. The van der Waals surface area contributed by atoms with Crippen molar-refractivity contribution >= 4 is 0 Å². The fraction of sp³-hybridized carbons (Fsp3) is 0.667. The summed E-state index contributed by atoms with van der Waals surface area (Å²) in [5.74, 6) is 1.33. The zero-order chi connectivity index (χ0) is 13.8. The van der Waals surface area contributed by atoms with Crippen LogP contribution in [0.3, 0.4) is 0 Å². The van der Waals surface area contributed by atoms with Crippen molar-refractivity contribution < 1.29 is 9.84 Å². The molecule has 0 saturated carbocycles. The molecular formula is C15H24N2O2. The summed E-state index contributed by atoms with van der Waals surface area (Å²) in [5, 5.41) is 9.61. The van der Waals surface area contributed by atoms with Gasteiger partial charge >= 0.3 is 0 Å². The molecule has 4 nitrogen and oxygen atoms in total.